The van der Waals surface area contributed by atoms with Gasteiger partial charge in [-0.2, -0.15) is 11.8 Å². The molecule has 0 aliphatic heterocycles. The minimum atomic E-state index is -3.28. The monoisotopic (exact) mass is 288 g/mol. The summed E-state index contributed by atoms with van der Waals surface area (Å²) in [6, 6.07) is 6.95. The van der Waals surface area contributed by atoms with E-state index in [1.165, 1.54) is 0 Å². The first-order chi connectivity index (χ1) is 8.43. The summed E-state index contributed by atoms with van der Waals surface area (Å²) in [5.41, 5.74) is 6.91. The minimum Gasteiger partial charge on any atom is -0.399 e. The first-order valence-corrected chi connectivity index (χ1v) is 8.78. The number of nitrogen functional groups attached to an aromatic ring is 1. The van der Waals surface area contributed by atoms with Crippen molar-refractivity contribution in [2.75, 3.05) is 24.3 Å². The molecule has 1 atom stereocenters. The van der Waals surface area contributed by atoms with Crippen LogP contribution in [0.4, 0.5) is 5.69 Å². The molecular formula is C12H20N2O2S2. The molecule has 0 radical (unpaired) electrons. The molecule has 0 saturated heterocycles. The zero-order chi connectivity index (χ0) is 13.6. The van der Waals surface area contributed by atoms with Gasteiger partial charge in [-0.15, -0.1) is 0 Å². The van der Waals surface area contributed by atoms with Crippen molar-refractivity contribution in [1.82, 2.24) is 4.72 Å². The SMILES string of the molecule is CSCC(C)CNS(=O)(=O)Cc1cccc(N)c1. The van der Waals surface area contributed by atoms with Gasteiger partial charge in [0.1, 0.15) is 0 Å². The largest absolute Gasteiger partial charge is 0.399 e. The number of nitrogens with one attached hydrogen (secondary N) is 1. The predicted molar refractivity (Wildman–Crippen MR) is 79.0 cm³/mol. The lowest BCUT2D eigenvalue weighted by Crippen LogP contribution is -2.30. The first-order valence-electron chi connectivity index (χ1n) is 5.73. The average Bonchev–Trinajstić information content (AvgIpc) is 2.26. The maximum Gasteiger partial charge on any atom is 0.215 e. The fraction of sp³-hybridized carbons (Fsp3) is 0.500. The van der Waals surface area contributed by atoms with Gasteiger partial charge in [-0.3, -0.25) is 0 Å². The van der Waals surface area contributed by atoms with Gasteiger partial charge in [0.15, 0.2) is 0 Å². The van der Waals surface area contributed by atoms with Crippen molar-refractivity contribution in [3.8, 4) is 0 Å². The van der Waals surface area contributed by atoms with Crippen LogP contribution in [0.25, 0.3) is 0 Å². The number of hydrogen-bond acceptors (Lipinski definition) is 4. The third-order valence-electron chi connectivity index (χ3n) is 2.41. The molecule has 0 aliphatic carbocycles. The Morgan fingerprint density at radius 1 is 1.44 bits per heavy atom. The number of hydrogen-bond donors (Lipinski definition) is 2. The second kappa shape index (κ2) is 7.01. The molecule has 1 aromatic carbocycles. The van der Waals surface area contributed by atoms with Gasteiger partial charge < -0.3 is 5.73 Å². The van der Waals surface area contributed by atoms with Gasteiger partial charge in [0.05, 0.1) is 5.75 Å². The zero-order valence-corrected chi connectivity index (χ0v) is 12.4. The van der Waals surface area contributed by atoms with Crippen molar-refractivity contribution in [1.29, 1.82) is 0 Å². The van der Waals surface area contributed by atoms with E-state index in [1.807, 2.05) is 13.2 Å². The number of sulfonamides is 1. The lowest BCUT2D eigenvalue weighted by atomic mass is 10.2. The molecule has 102 valence electrons. The molecule has 0 amide bonds. The summed E-state index contributed by atoms with van der Waals surface area (Å²) in [7, 11) is -3.28. The molecule has 3 N–H and O–H groups in total. The summed E-state index contributed by atoms with van der Waals surface area (Å²) in [5.74, 6) is 1.25. The summed E-state index contributed by atoms with van der Waals surface area (Å²) in [6.45, 7) is 2.50. The van der Waals surface area contributed by atoms with Crippen LogP contribution in [0.3, 0.4) is 0 Å². The maximum absolute atomic E-state index is 11.9. The topological polar surface area (TPSA) is 72.2 Å². The normalized spacial score (nSPS) is 13.4. The molecule has 1 aromatic rings. The molecule has 4 nitrogen and oxygen atoms in total. The summed E-state index contributed by atoms with van der Waals surface area (Å²) < 4.78 is 26.4. The van der Waals surface area contributed by atoms with E-state index in [0.29, 0.717) is 23.7 Å². The summed E-state index contributed by atoms with van der Waals surface area (Å²) >= 11 is 1.71. The average molecular weight is 288 g/mol. The Bertz CT molecular complexity index is 475. The molecule has 6 heteroatoms. The standard InChI is InChI=1S/C12H20N2O2S2/c1-10(8-17-2)7-14-18(15,16)9-11-4-3-5-12(13)6-11/h3-6,10,14H,7-9,13H2,1-2H3. The summed E-state index contributed by atoms with van der Waals surface area (Å²) in [5, 5.41) is 0. The van der Waals surface area contributed by atoms with E-state index >= 15 is 0 Å². The van der Waals surface area contributed by atoms with Gasteiger partial charge in [-0.25, -0.2) is 13.1 Å². The van der Waals surface area contributed by atoms with E-state index in [1.54, 1.807) is 36.0 Å². The van der Waals surface area contributed by atoms with Crippen molar-refractivity contribution < 1.29 is 8.42 Å². The van der Waals surface area contributed by atoms with Gasteiger partial charge in [0.2, 0.25) is 10.0 Å². The maximum atomic E-state index is 11.9. The Kier molecular flexibility index (Phi) is 5.98. The highest BCUT2D eigenvalue weighted by Crippen LogP contribution is 2.10. The van der Waals surface area contributed by atoms with Gasteiger partial charge in [-0.05, 0) is 35.6 Å². The van der Waals surface area contributed by atoms with Crippen LogP contribution in [0, 0.1) is 5.92 Å². The number of anilines is 1. The van der Waals surface area contributed by atoms with Crippen molar-refractivity contribution in [2.45, 2.75) is 12.7 Å². The molecule has 0 saturated carbocycles. The molecule has 0 fully saturated rings. The van der Waals surface area contributed by atoms with Crippen LogP contribution in [-0.2, 0) is 15.8 Å². The second-order valence-electron chi connectivity index (χ2n) is 4.41. The van der Waals surface area contributed by atoms with E-state index in [9.17, 15) is 8.42 Å². The van der Waals surface area contributed by atoms with Crippen molar-refractivity contribution in [3.63, 3.8) is 0 Å². The number of thioether (sulfide) groups is 1. The second-order valence-corrected chi connectivity index (χ2v) is 7.13. The quantitative estimate of drug-likeness (QED) is 0.749. The highest BCUT2D eigenvalue weighted by molar-refractivity contribution is 7.98. The van der Waals surface area contributed by atoms with Crippen LogP contribution in [0.1, 0.15) is 12.5 Å². The van der Waals surface area contributed by atoms with E-state index < -0.39 is 10.0 Å². The molecule has 1 rings (SSSR count). The fourth-order valence-electron chi connectivity index (χ4n) is 1.57. The lowest BCUT2D eigenvalue weighted by Gasteiger charge is -2.11. The molecule has 0 bridgehead atoms. The summed E-state index contributed by atoms with van der Waals surface area (Å²) in [6.07, 6.45) is 2.01. The predicted octanol–water partition coefficient (Wildman–Crippen LogP) is 1.69. The number of nitrogens with two attached hydrogens (primary N) is 1. The Balaban J connectivity index is 2.54. The van der Waals surface area contributed by atoms with Crippen molar-refractivity contribution in [2.24, 2.45) is 5.92 Å². The molecule has 0 heterocycles. The third kappa shape index (κ3) is 5.75. The fourth-order valence-corrected chi connectivity index (χ4v) is 3.51. The van der Waals surface area contributed by atoms with Gasteiger partial charge in [-0.1, -0.05) is 19.1 Å². The zero-order valence-electron chi connectivity index (χ0n) is 10.7. The first kappa shape index (κ1) is 15.3. The van der Waals surface area contributed by atoms with E-state index in [4.69, 9.17) is 5.73 Å². The smallest absolute Gasteiger partial charge is 0.215 e. The Morgan fingerprint density at radius 3 is 2.78 bits per heavy atom. The Labute approximate surface area is 113 Å². The van der Waals surface area contributed by atoms with Gasteiger partial charge >= 0.3 is 0 Å². The van der Waals surface area contributed by atoms with Crippen LogP contribution in [-0.4, -0.2) is 27.0 Å². The summed E-state index contributed by atoms with van der Waals surface area (Å²) in [4.78, 5) is 0. The Hall–Kier alpha value is -0.720. The van der Waals surface area contributed by atoms with E-state index in [-0.39, 0.29) is 5.75 Å². The van der Waals surface area contributed by atoms with Crippen molar-refractivity contribution >= 4 is 27.5 Å². The van der Waals surface area contributed by atoms with E-state index in [2.05, 4.69) is 4.72 Å². The Morgan fingerprint density at radius 2 is 2.17 bits per heavy atom. The minimum absolute atomic E-state index is 0.0238. The molecule has 18 heavy (non-hydrogen) atoms. The van der Waals surface area contributed by atoms with Gasteiger partial charge in [0, 0.05) is 12.2 Å². The van der Waals surface area contributed by atoms with Crippen LogP contribution in [0.15, 0.2) is 24.3 Å². The lowest BCUT2D eigenvalue weighted by molar-refractivity contribution is 0.562. The number of rotatable bonds is 7. The van der Waals surface area contributed by atoms with Crippen LogP contribution >= 0.6 is 11.8 Å². The highest BCUT2D eigenvalue weighted by Gasteiger charge is 2.13. The van der Waals surface area contributed by atoms with Crippen molar-refractivity contribution in [3.05, 3.63) is 29.8 Å². The van der Waals surface area contributed by atoms with Crippen LogP contribution < -0.4 is 10.5 Å². The molecular weight excluding hydrogens is 268 g/mol. The van der Waals surface area contributed by atoms with Crippen LogP contribution in [0.5, 0.6) is 0 Å². The van der Waals surface area contributed by atoms with E-state index in [0.717, 1.165) is 5.75 Å². The van der Waals surface area contributed by atoms with Crippen LogP contribution in [0.2, 0.25) is 0 Å². The molecule has 0 spiro atoms. The third-order valence-corrected chi connectivity index (χ3v) is 4.63. The highest BCUT2D eigenvalue weighted by atomic mass is 32.2. The molecule has 0 aromatic heterocycles. The molecule has 1 unspecified atom stereocenters. The van der Waals surface area contributed by atoms with Gasteiger partial charge in [0.25, 0.3) is 0 Å². The number of benzene rings is 1. The molecule has 0 aliphatic rings.